The number of nitrogens with zero attached hydrogens (tertiary/aromatic N) is 6. The van der Waals surface area contributed by atoms with Gasteiger partial charge in [-0.1, -0.05) is 12.6 Å². The summed E-state index contributed by atoms with van der Waals surface area (Å²) in [7, 11) is 3.47. The molecule has 240 valence electrons. The smallest absolute Gasteiger partial charge is 0.246 e. The lowest BCUT2D eigenvalue weighted by Gasteiger charge is -2.38. The highest BCUT2D eigenvalue weighted by molar-refractivity contribution is 7.17. The Hall–Kier alpha value is -4.94. The predicted octanol–water partition coefficient (Wildman–Crippen LogP) is 7.16. The second-order valence-electron chi connectivity index (χ2n) is 11.6. The zero-order valence-electron chi connectivity index (χ0n) is 26.3. The van der Waals surface area contributed by atoms with Crippen molar-refractivity contribution < 1.29 is 23.0 Å². The molecule has 47 heavy (non-hydrogen) atoms. The van der Waals surface area contributed by atoms with E-state index >= 15 is 4.39 Å². The number of rotatable bonds is 8. The van der Waals surface area contributed by atoms with E-state index in [1.807, 2.05) is 65.9 Å². The van der Waals surface area contributed by atoms with Crippen molar-refractivity contribution >= 4 is 38.4 Å². The molecule has 7 rings (SSSR count). The number of imidazole rings is 1. The Labute approximate surface area is 273 Å². The quantitative estimate of drug-likeness (QED) is 0.128. The lowest BCUT2D eigenvalue weighted by atomic mass is 9.95. The summed E-state index contributed by atoms with van der Waals surface area (Å²) in [6.07, 6.45) is 3.08. The summed E-state index contributed by atoms with van der Waals surface area (Å²) in [4.78, 5) is 24.3. The first-order valence-electron chi connectivity index (χ1n) is 15.2. The van der Waals surface area contributed by atoms with Gasteiger partial charge in [-0.3, -0.25) is 9.48 Å². The van der Waals surface area contributed by atoms with E-state index < -0.39 is 11.6 Å². The number of amides is 1. The average Bonchev–Trinajstić information content (AvgIpc) is 3.79. The molecular formula is C35H32F2N6O3S. The lowest BCUT2D eigenvalue weighted by molar-refractivity contribution is -0.131. The molecule has 6 aromatic rings. The Morgan fingerprint density at radius 2 is 1.94 bits per heavy atom. The molecule has 2 aromatic carbocycles. The maximum atomic E-state index is 16.1. The van der Waals surface area contributed by atoms with E-state index in [1.54, 1.807) is 11.2 Å². The summed E-state index contributed by atoms with van der Waals surface area (Å²) >= 11 is 1.48. The molecule has 0 saturated carbocycles. The van der Waals surface area contributed by atoms with Gasteiger partial charge < -0.3 is 18.9 Å². The Bertz CT molecular complexity index is 2190. The van der Waals surface area contributed by atoms with Gasteiger partial charge in [0, 0.05) is 48.8 Å². The third-order valence-electron chi connectivity index (χ3n) is 8.66. The van der Waals surface area contributed by atoms with Gasteiger partial charge in [0.05, 0.1) is 58.2 Å². The molecule has 1 aliphatic rings. The summed E-state index contributed by atoms with van der Waals surface area (Å²) in [5, 5.41) is 7.62. The van der Waals surface area contributed by atoms with Gasteiger partial charge in [0.25, 0.3) is 0 Å². The van der Waals surface area contributed by atoms with E-state index in [9.17, 15) is 9.18 Å². The average molecular weight is 655 g/mol. The van der Waals surface area contributed by atoms with Crippen LogP contribution in [0.15, 0.2) is 66.8 Å². The van der Waals surface area contributed by atoms with Crippen molar-refractivity contribution in [3.8, 4) is 39.5 Å². The van der Waals surface area contributed by atoms with Gasteiger partial charge >= 0.3 is 0 Å². The number of benzene rings is 2. The highest BCUT2D eigenvalue weighted by Crippen LogP contribution is 2.47. The van der Waals surface area contributed by atoms with Crippen LogP contribution in [0.4, 0.5) is 8.78 Å². The second-order valence-corrected chi connectivity index (χ2v) is 12.5. The number of hydrogen-bond donors (Lipinski definition) is 0. The molecule has 2 atom stereocenters. The van der Waals surface area contributed by atoms with E-state index in [0.29, 0.717) is 34.6 Å². The zero-order valence-corrected chi connectivity index (χ0v) is 27.1. The number of carbonyl (C=O) groups excluding carboxylic acids is 1. The first-order chi connectivity index (χ1) is 22.7. The number of thiophene rings is 1. The minimum absolute atomic E-state index is 0.0338. The van der Waals surface area contributed by atoms with Crippen LogP contribution in [0.3, 0.4) is 0 Å². The maximum absolute atomic E-state index is 16.1. The van der Waals surface area contributed by atoms with Gasteiger partial charge in [-0.2, -0.15) is 5.10 Å². The van der Waals surface area contributed by atoms with Crippen LogP contribution in [-0.2, 0) is 23.1 Å². The molecule has 0 bridgehead atoms. The number of carbonyl (C=O) groups is 1. The van der Waals surface area contributed by atoms with Gasteiger partial charge in [0.2, 0.25) is 5.91 Å². The fourth-order valence-corrected chi connectivity index (χ4v) is 7.41. The summed E-state index contributed by atoms with van der Waals surface area (Å²) in [6.45, 7) is 8.36. The van der Waals surface area contributed by atoms with E-state index in [-0.39, 0.29) is 42.5 Å². The number of methoxy groups -OCH3 is 1. The first-order valence-corrected chi connectivity index (χ1v) is 16.0. The Balaban J connectivity index is 1.51. The lowest BCUT2D eigenvalue weighted by Crippen LogP contribution is -2.46. The number of fused-ring (bicyclic) bond motifs is 3. The molecule has 0 N–H and O–H groups in total. The molecular weight excluding hydrogens is 622 g/mol. The third kappa shape index (κ3) is 5.17. The van der Waals surface area contributed by atoms with Gasteiger partial charge in [0.15, 0.2) is 0 Å². The van der Waals surface area contributed by atoms with Crippen LogP contribution in [0.1, 0.15) is 25.6 Å². The van der Waals surface area contributed by atoms with Crippen LogP contribution in [0.2, 0.25) is 0 Å². The highest BCUT2D eigenvalue weighted by Gasteiger charge is 2.34. The van der Waals surface area contributed by atoms with E-state index in [0.717, 1.165) is 33.1 Å². The summed E-state index contributed by atoms with van der Waals surface area (Å²) in [6, 6.07) is 11.4. The van der Waals surface area contributed by atoms with Crippen LogP contribution < -0.4 is 4.74 Å². The van der Waals surface area contributed by atoms with Crippen LogP contribution in [0.5, 0.6) is 5.75 Å². The third-order valence-corrected chi connectivity index (χ3v) is 9.58. The number of pyridine rings is 1. The molecule has 5 heterocycles. The van der Waals surface area contributed by atoms with E-state index in [2.05, 4.69) is 11.6 Å². The number of halogens is 2. The Morgan fingerprint density at radius 1 is 1.11 bits per heavy atom. The Kier molecular flexibility index (Phi) is 7.85. The largest absolute Gasteiger partial charge is 0.490 e. The van der Waals surface area contributed by atoms with Crippen molar-refractivity contribution in [2.75, 3.05) is 20.3 Å². The number of ether oxygens (including phenoxy) is 2. The van der Waals surface area contributed by atoms with Crippen molar-refractivity contribution in [3.05, 3.63) is 84.2 Å². The molecule has 12 heteroatoms. The van der Waals surface area contributed by atoms with Gasteiger partial charge in [-0.15, -0.1) is 11.3 Å². The van der Waals surface area contributed by atoms with E-state index in [1.165, 1.54) is 30.6 Å². The molecule has 1 aliphatic heterocycles. The van der Waals surface area contributed by atoms with Crippen LogP contribution in [0, 0.1) is 11.6 Å². The van der Waals surface area contributed by atoms with Crippen LogP contribution in [0.25, 0.3) is 54.9 Å². The zero-order chi connectivity index (χ0) is 33.0. The number of aryl methyl sites for hydroxylation is 1. The monoisotopic (exact) mass is 654 g/mol. The molecule has 0 unspecified atom stereocenters. The topological polar surface area (TPSA) is 87.3 Å². The molecule has 0 fully saturated rings. The summed E-state index contributed by atoms with van der Waals surface area (Å²) in [5.41, 5.74) is 5.51. The van der Waals surface area contributed by atoms with Crippen molar-refractivity contribution in [1.29, 1.82) is 0 Å². The van der Waals surface area contributed by atoms with E-state index in [4.69, 9.17) is 19.6 Å². The molecule has 4 aromatic heterocycles. The van der Waals surface area contributed by atoms with Crippen molar-refractivity contribution in [1.82, 2.24) is 29.2 Å². The SMILES string of the molecule is C=CC(=O)N1[C@H](C)Cn2nc(-c3nc(-c4ccc5c(c4)ncn5C)c4sccc4c3-c3c(F)cc(F)cc3OCCOC)cc2[C@@H]1C. The molecule has 1 amide bonds. The highest BCUT2D eigenvalue weighted by atomic mass is 32.1. The minimum atomic E-state index is -0.788. The molecule has 9 nitrogen and oxygen atoms in total. The normalized spacial score (nSPS) is 16.2. The molecule has 0 radical (unpaired) electrons. The summed E-state index contributed by atoms with van der Waals surface area (Å²) in [5.74, 6) is -1.69. The number of hydrogen-bond acceptors (Lipinski definition) is 7. The Morgan fingerprint density at radius 3 is 2.72 bits per heavy atom. The second kappa shape index (κ2) is 12.0. The van der Waals surface area contributed by atoms with Gasteiger partial charge in [-0.25, -0.2) is 18.7 Å². The van der Waals surface area contributed by atoms with Crippen LogP contribution in [-0.4, -0.2) is 61.5 Å². The van der Waals surface area contributed by atoms with Crippen molar-refractivity contribution in [2.45, 2.75) is 32.5 Å². The first kappa shape index (κ1) is 30.7. The molecule has 0 aliphatic carbocycles. The fourth-order valence-electron chi connectivity index (χ4n) is 6.50. The van der Waals surface area contributed by atoms with Crippen LogP contribution >= 0.6 is 11.3 Å². The van der Waals surface area contributed by atoms with Gasteiger partial charge in [0.1, 0.15) is 35.4 Å². The molecule has 0 saturated heterocycles. The van der Waals surface area contributed by atoms with Crippen molar-refractivity contribution in [3.63, 3.8) is 0 Å². The standard InChI is InChI=1S/C35H32F2N6O3S/c1-6-30(44)43-19(2)17-42-28(20(43)3)16-26(40-42)34-31(32-24(37)14-22(36)15-29(32)46-11-10-45-5)23-9-12-47-35(23)33(39-34)21-7-8-27-25(13-21)38-18-41(27)4/h6-9,12-16,18-20H,1,10-11,17H2,2-5H3/t19-,20+/m1/s1. The molecule has 0 spiro atoms. The van der Waals surface area contributed by atoms with Gasteiger partial charge in [-0.05, 0) is 49.6 Å². The van der Waals surface area contributed by atoms with Crippen molar-refractivity contribution in [2.24, 2.45) is 7.05 Å². The number of aromatic nitrogens is 5. The predicted molar refractivity (Wildman–Crippen MR) is 178 cm³/mol. The summed E-state index contributed by atoms with van der Waals surface area (Å²) < 4.78 is 46.5. The fraction of sp³-hybridized carbons (Fsp3) is 0.257. The maximum Gasteiger partial charge on any atom is 0.246 e. The minimum Gasteiger partial charge on any atom is -0.490 e.